The van der Waals surface area contributed by atoms with Gasteiger partial charge in [0.15, 0.2) is 5.82 Å². The van der Waals surface area contributed by atoms with Crippen molar-refractivity contribution >= 4 is 16.9 Å². The number of anilines is 1. The molecule has 104 valence electrons. The molecule has 5 heteroatoms. The second-order valence-electron chi connectivity index (χ2n) is 5.18. The number of aryl methyl sites for hydroxylation is 1. The number of aromatic nitrogens is 4. The lowest BCUT2D eigenvalue weighted by molar-refractivity contribution is 0.900. The summed E-state index contributed by atoms with van der Waals surface area (Å²) in [6, 6.07) is 5.97. The molecule has 0 bridgehead atoms. The fourth-order valence-corrected chi connectivity index (χ4v) is 2.87. The number of benzene rings is 1. The smallest absolute Gasteiger partial charge is 0.161 e. The van der Waals surface area contributed by atoms with Crippen LogP contribution in [0.4, 0.5) is 5.82 Å². The third-order valence-corrected chi connectivity index (χ3v) is 3.90. The minimum atomic E-state index is 0.757. The molecular formula is C16H15N5. The predicted molar refractivity (Wildman–Crippen MR) is 82.1 cm³/mol. The summed E-state index contributed by atoms with van der Waals surface area (Å²) in [5.74, 6) is 1.71. The molecular weight excluding hydrogens is 262 g/mol. The molecule has 0 unspecified atom stereocenters. The summed E-state index contributed by atoms with van der Waals surface area (Å²) in [5, 5.41) is 3.20. The maximum Gasteiger partial charge on any atom is 0.161 e. The molecule has 2 aromatic heterocycles. The van der Waals surface area contributed by atoms with Crippen LogP contribution in [0.3, 0.4) is 0 Å². The largest absolute Gasteiger partial charge is 0.373 e. The standard InChI is InChI=1S/C16H15N5/c1-17-16-11-3-2-4-12(11)20-15(21-16)10-5-6-13-14(9-10)19-8-7-18-13/h5-9H,2-4H2,1H3,(H,17,20,21). The molecule has 0 aliphatic heterocycles. The van der Waals surface area contributed by atoms with Crippen molar-refractivity contribution < 1.29 is 0 Å². The number of nitrogens with zero attached hydrogens (tertiary/aromatic N) is 4. The molecule has 0 fully saturated rings. The molecule has 3 aromatic rings. The van der Waals surface area contributed by atoms with Crippen LogP contribution in [0, 0.1) is 0 Å². The molecule has 2 heterocycles. The molecule has 0 saturated carbocycles. The van der Waals surface area contributed by atoms with Gasteiger partial charge in [-0.3, -0.25) is 9.97 Å². The van der Waals surface area contributed by atoms with Gasteiger partial charge < -0.3 is 5.32 Å². The van der Waals surface area contributed by atoms with E-state index in [0.29, 0.717) is 0 Å². The Morgan fingerprint density at radius 3 is 2.71 bits per heavy atom. The van der Waals surface area contributed by atoms with Crippen molar-refractivity contribution in [2.45, 2.75) is 19.3 Å². The summed E-state index contributed by atoms with van der Waals surface area (Å²) < 4.78 is 0. The number of hydrogen-bond acceptors (Lipinski definition) is 5. The van der Waals surface area contributed by atoms with Gasteiger partial charge in [0.2, 0.25) is 0 Å². The number of fused-ring (bicyclic) bond motifs is 2. The lowest BCUT2D eigenvalue weighted by Gasteiger charge is -2.09. The van der Waals surface area contributed by atoms with E-state index in [4.69, 9.17) is 4.98 Å². The Kier molecular flexibility index (Phi) is 2.77. The highest BCUT2D eigenvalue weighted by Gasteiger charge is 2.19. The zero-order chi connectivity index (χ0) is 14.2. The highest BCUT2D eigenvalue weighted by molar-refractivity contribution is 5.79. The first-order valence-electron chi connectivity index (χ1n) is 7.14. The Hall–Kier alpha value is -2.56. The number of nitrogens with one attached hydrogen (secondary N) is 1. The van der Waals surface area contributed by atoms with Crippen LogP contribution < -0.4 is 5.32 Å². The molecule has 0 saturated heterocycles. The molecule has 1 N–H and O–H groups in total. The summed E-state index contributed by atoms with van der Waals surface area (Å²) in [7, 11) is 1.91. The van der Waals surface area contributed by atoms with Crippen molar-refractivity contribution in [2.75, 3.05) is 12.4 Å². The van der Waals surface area contributed by atoms with Gasteiger partial charge in [-0.25, -0.2) is 9.97 Å². The molecule has 1 aliphatic rings. The second-order valence-corrected chi connectivity index (χ2v) is 5.18. The Labute approximate surface area is 122 Å². The van der Waals surface area contributed by atoms with Gasteiger partial charge in [-0.05, 0) is 37.5 Å². The van der Waals surface area contributed by atoms with Crippen molar-refractivity contribution in [3.05, 3.63) is 41.9 Å². The average Bonchev–Trinajstić information content (AvgIpc) is 3.02. The van der Waals surface area contributed by atoms with Gasteiger partial charge in [-0.2, -0.15) is 0 Å². The fraction of sp³-hybridized carbons (Fsp3) is 0.250. The molecule has 0 amide bonds. The van der Waals surface area contributed by atoms with Gasteiger partial charge in [0.1, 0.15) is 5.82 Å². The third kappa shape index (κ3) is 2.01. The Morgan fingerprint density at radius 2 is 1.86 bits per heavy atom. The topological polar surface area (TPSA) is 63.6 Å². The molecule has 0 atom stereocenters. The molecule has 0 spiro atoms. The van der Waals surface area contributed by atoms with Crippen LogP contribution in [0.25, 0.3) is 22.4 Å². The van der Waals surface area contributed by atoms with E-state index in [1.165, 1.54) is 11.3 Å². The monoisotopic (exact) mass is 277 g/mol. The van der Waals surface area contributed by atoms with Crippen molar-refractivity contribution in [1.29, 1.82) is 0 Å². The summed E-state index contributed by atoms with van der Waals surface area (Å²) in [5.41, 5.74) is 5.17. The van der Waals surface area contributed by atoms with Gasteiger partial charge in [-0.1, -0.05) is 0 Å². The van der Waals surface area contributed by atoms with Crippen LogP contribution >= 0.6 is 0 Å². The lowest BCUT2D eigenvalue weighted by Crippen LogP contribution is -2.03. The highest BCUT2D eigenvalue weighted by atomic mass is 15.0. The van der Waals surface area contributed by atoms with Crippen LogP contribution in [0.15, 0.2) is 30.6 Å². The zero-order valence-electron chi connectivity index (χ0n) is 11.8. The fourth-order valence-electron chi connectivity index (χ4n) is 2.87. The van der Waals surface area contributed by atoms with E-state index < -0.39 is 0 Å². The van der Waals surface area contributed by atoms with Crippen LogP contribution in [0.1, 0.15) is 17.7 Å². The van der Waals surface area contributed by atoms with E-state index in [1.54, 1.807) is 12.4 Å². The summed E-state index contributed by atoms with van der Waals surface area (Å²) in [6.45, 7) is 0. The van der Waals surface area contributed by atoms with E-state index in [1.807, 2.05) is 25.2 Å². The average molecular weight is 277 g/mol. The summed E-state index contributed by atoms with van der Waals surface area (Å²) >= 11 is 0. The molecule has 1 aliphatic carbocycles. The Bertz CT molecular complexity index is 828. The first-order valence-corrected chi connectivity index (χ1v) is 7.14. The SMILES string of the molecule is CNc1nc(-c2ccc3nccnc3c2)nc2c1CCC2. The van der Waals surface area contributed by atoms with E-state index in [-0.39, 0.29) is 0 Å². The second kappa shape index (κ2) is 4.77. The van der Waals surface area contributed by atoms with Gasteiger partial charge in [0, 0.05) is 36.3 Å². The molecule has 21 heavy (non-hydrogen) atoms. The van der Waals surface area contributed by atoms with E-state index in [9.17, 15) is 0 Å². The minimum absolute atomic E-state index is 0.757. The van der Waals surface area contributed by atoms with Crippen LogP contribution in [-0.4, -0.2) is 27.0 Å². The summed E-state index contributed by atoms with van der Waals surface area (Å²) in [6.07, 6.45) is 6.66. The zero-order valence-corrected chi connectivity index (χ0v) is 11.8. The first-order chi connectivity index (χ1) is 10.3. The minimum Gasteiger partial charge on any atom is -0.373 e. The van der Waals surface area contributed by atoms with Crippen LogP contribution in [0.5, 0.6) is 0 Å². The maximum absolute atomic E-state index is 4.74. The lowest BCUT2D eigenvalue weighted by atomic mass is 10.1. The van der Waals surface area contributed by atoms with Crippen molar-refractivity contribution in [1.82, 2.24) is 19.9 Å². The van der Waals surface area contributed by atoms with Crippen LogP contribution in [-0.2, 0) is 12.8 Å². The van der Waals surface area contributed by atoms with Gasteiger partial charge in [-0.15, -0.1) is 0 Å². The number of hydrogen-bond donors (Lipinski definition) is 1. The van der Waals surface area contributed by atoms with Gasteiger partial charge in [0.25, 0.3) is 0 Å². The van der Waals surface area contributed by atoms with Gasteiger partial charge in [0.05, 0.1) is 11.0 Å². The third-order valence-electron chi connectivity index (χ3n) is 3.90. The van der Waals surface area contributed by atoms with Crippen LogP contribution in [0.2, 0.25) is 0 Å². The van der Waals surface area contributed by atoms with Crippen molar-refractivity contribution in [3.8, 4) is 11.4 Å². The Balaban J connectivity index is 1.88. The highest BCUT2D eigenvalue weighted by Crippen LogP contribution is 2.29. The van der Waals surface area contributed by atoms with Crippen molar-refractivity contribution in [2.24, 2.45) is 0 Å². The quantitative estimate of drug-likeness (QED) is 0.780. The normalized spacial score (nSPS) is 13.4. The Morgan fingerprint density at radius 1 is 1.00 bits per heavy atom. The molecule has 1 aromatic carbocycles. The van der Waals surface area contributed by atoms with E-state index in [0.717, 1.165) is 47.5 Å². The van der Waals surface area contributed by atoms with E-state index >= 15 is 0 Å². The predicted octanol–water partition coefficient (Wildman–Crippen LogP) is 2.62. The molecule has 5 nitrogen and oxygen atoms in total. The van der Waals surface area contributed by atoms with Crippen molar-refractivity contribution in [3.63, 3.8) is 0 Å². The van der Waals surface area contributed by atoms with E-state index in [2.05, 4.69) is 20.3 Å². The molecule has 4 rings (SSSR count). The first kappa shape index (κ1) is 12.2. The maximum atomic E-state index is 4.74. The number of rotatable bonds is 2. The summed E-state index contributed by atoms with van der Waals surface area (Å²) in [4.78, 5) is 18.0. The van der Waals surface area contributed by atoms with Gasteiger partial charge >= 0.3 is 0 Å². The molecule has 0 radical (unpaired) electrons.